The molecular formula is C19H20FN3O4. The average molecular weight is 373 g/mol. The van der Waals surface area contributed by atoms with E-state index in [1.807, 2.05) is 6.92 Å². The van der Waals surface area contributed by atoms with E-state index in [1.54, 1.807) is 25.6 Å². The predicted octanol–water partition coefficient (Wildman–Crippen LogP) is 3.41. The van der Waals surface area contributed by atoms with Gasteiger partial charge in [-0.05, 0) is 45.9 Å². The number of hydrogen-bond donors (Lipinski definition) is 1. The zero-order valence-corrected chi connectivity index (χ0v) is 15.7. The number of anilines is 1. The summed E-state index contributed by atoms with van der Waals surface area (Å²) in [5, 5.41) is 7.43. The molecule has 0 radical (unpaired) electrons. The molecule has 0 saturated carbocycles. The van der Waals surface area contributed by atoms with E-state index in [1.165, 1.54) is 25.1 Å². The molecule has 1 amide bonds. The van der Waals surface area contributed by atoms with Crippen LogP contribution in [-0.2, 0) is 16.6 Å². The summed E-state index contributed by atoms with van der Waals surface area (Å²) >= 11 is 0. The number of hydrogen-bond acceptors (Lipinski definition) is 5. The number of rotatable bonds is 4. The summed E-state index contributed by atoms with van der Waals surface area (Å²) in [6, 6.07) is 3.97. The van der Waals surface area contributed by atoms with Crippen LogP contribution in [0.15, 0.2) is 22.6 Å². The molecule has 2 aromatic heterocycles. The third-order valence-electron chi connectivity index (χ3n) is 4.49. The number of carbonyl (C=O) groups is 2. The van der Waals surface area contributed by atoms with E-state index in [0.29, 0.717) is 27.9 Å². The summed E-state index contributed by atoms with van der Waals surface area (Å²) in [5.41, 5.74) is 2.87. The number of nitrogens with zero attached hydrogens (tertiary/aromatic N) is 2. The van der Waals surface area contributed by atoms with Crippen molar-refractivity contribution >= 4 is 28.5 Å². The van der Waals surface area contributed by atoms with Crippen LogP contribution in [0.25, 0.3) is 11.0 Å². The number of amides is 1. The van der Waals surface area contributed by atoms with Crippen molar-refractivity contribution in [3.8, 4) is 0 Å². The number of fused-ring (bicyclic) bond motifs is 1. The van der Waals surface area contributed by atoms with E-state index in [4.69, 9.17) is 9.15 Å². The smallest absolute Gasteiger partial charge is 0.375 e. The van der Waals surface area contributed by atoms with Gasteiger partial charge in [0.25, 0.3) is 5.91 Å². The van der Waals surface area contributed by atoms with Crippen LogP contribution in [0.1, 0.15) is 34.4 Å². The third-order valence-corrected chi connectivity index (χ3v) is 4.49. The van der Waals surface area contributed by atoms with Gasteiger partial charge in [0.05, 0.1) is 17.1 Å². The first-order chi connectivity index (χ1) is 12.7. The van der Waals surface area contributed by atoms with Gasteiger partial charge in [-0.15, -0.1) is 0 Å². The monoisotopic (exact) mass is 373 g/mol. The molecule has 1 aromatic carbocycles. The van der Waals surface area contributed by atoms with Crippen molar-refractivity contribution in [1.29, 1.82) is 0 Å². The highest BCUT2D eigenvalue weighted by atomic mass is 19.1. The van der Waals surface area contributed by atoms with Gasteiger partial charge in [-0.1, -0.05) is 0 Å². The largest absolute Gasteiger partial charge is 0.449 e. The minimum atomic E-state index is -1.05. The van der Waals surface area contributed by atoms with E-state index in [-0.39, 0.29) is 5.76 Å². The second kappa shape index (κ2) is 6.86. The predicted molar refractivity (Wildman–Crippen MR) is 97.1 cm³/mol. The van der Waals surface area contributed by atoms with Gasteiger partial charge in [-0.2, -0.15) is 5.10 Å². The number of benzene rings is 1. The fourth-order valence-electron chi connectivity index (χ4n) is 2.83. The Labute approximate surface area is 155 Å². The molecule has 0 saturated heterocycles. The number of halogens is 1. The lowest BCUT2D eigenvalue weighted by Gasteiger charge is -2.13. The molecule has 7 nitrogen and oxygen atoms in total. The molecule has 142 valence electrons. The molecule has 3 rings (SSSR count). The Kier molecular flexibility index (Phi) is 4.73. The Bertz CT molecular complexity index is 1050. The number of carbonyl (C=O) groups excluding carboxylic acids is 2. The van der Waals surface area contributed by atoms with Crippen LogP contribution in [0.4, 0.5) is 10.1 Å². The highest BCUT2D eigenvalue weighted by Gasteiger charge is 2.25. The lowest BCUT2D eigenvalue weighted by Crippen LogP contribution is -2.30. The molecule has 1 N–H and O–H groups in total. The topological polar surface area (TPSA) is 86.4 Å². The summed E-state index contributed by atoms with van der Waals surface area (Å²) in [6.07, 6.45) is -1.05. The summed E-state index contributed by atoms with van der Waals surface area (Å²) in [5.74, 6) is -1.75. The molecule has 0 unspecified atom stereocenters. The van der Waals surface area contributed by atoms with Crippen LogP contribution in [-0.4, -0.2) is 27.8 Å². The second-order valence-electron chi connectivity index (χ2n) is 6.40. The molecule has 0 bridgehead atoms. The van der Waals surface area contributed by atoms with E-state index in [0.717, 1.165) is 5.69 Å². The highest BCUT2D eigenvalue weighted by Crippen LogP contribution is 2.27. The van der Waals surface area contributed by atoms with Crippen molar-refractivity contribution in [2.24, 2.45) is 7.05 Å². The molecule has 1 atom stereocenters. The summed E-state index contributed by atoms with van der Waals surface area (Å²) in [4.78, 5) is 24.8. The van der Waals surface area contributed by atoms with E-state index >= 15 is 0 Å². The number of esters is 1. The highest BCUT2D eigenvalue weighted by molar-refractivity contribution is 5.99. The van der Waals surface area contributed by atoms with Crippen molar-refractivity contribution in [2.75, 3.05) is 5.32 Å². The first-order valence-electron chi connectivity index (χ1n) is 8.39. The van der Waals surface area contributed by atoms with E-state index in [2.05, 4.69) is 10.4 Å². The van der Waals surface area contributed by atoms with Gasteiger partial charge in [-0.25, -0.2) is 9.18 Å². The summed E-state index contributed by atoms with van der Waals surface area (Å²) in [7, 11) is 1.77. The molecule has 8 heteroatoms. The van der Waals surface area contributed by atoms with Gasteiger partial charge >= 0.3 is 5.97 Å². The average Bonchev–Trinajstić information content (AvgIpc) is 3.06. The van der Waals surface area contributed by atoms with Crippen molar-refractivity contribution in [2.45, 2.75) is 33.8 Å². The van der Waals surface area contributed by atoms with Crippen molar-refractivity contribution in [1.82, 2.24) is 9.78 Å². The Morgan fingerprint density at radius 2 is 2.00 bits per heavy atom. The van der Waals surface area contributed by atoms with Gasteiger partial charge in [-0.3, -0.25) is 9.48 Å². The summed E-state index contributed by atoms with van der Waals surface area (Å²) < 4.78 is 25.8. The van der Waals surface area contributed by atoms with Crippen LogP contribution in [0.2, 0.25) is 0 Å². The summed E-state index contributed by atoms with van der Waals surface area (Å²) in [6.45, 7) is 6.69. The van der Waals surface area contributed by atoms with Crippen LogP contribution in [0.5, 0.6) is 0 Å². The maximum absolute atomic E-state index is 13.4. The molecule has 0 fully saturated rings. The van der Waals surface area contributed by atoms with Crippen molar-refractivity contribution < 1.29 is 23.1 Å². The number of nitrogens with one attached hydrogen (secondary N) is 1. The zero-order chi connectivity index (χ0) is 19.9. The number of furan rings is 1. The second-order valence-corrected chi connectivity index (χ2v) is 6.40. The standard InChI is InChI=1S/C19H20FN3O4/c1-9-14-8-13(20)6-7-15(14)27-17(9)19(25)26-12(4)18(24)21-16-10(2)22-23(5)11(16)3/h6-8,12H,1-5H3,(H,21,24)/t12-/m1/s1. The minimum absolute atomic E-state index is 0.0519. The molecule has 0 aliphatic carbocycles. The fraction of sp³-hybridized carbons (Fsp3) is 0.316. The van der Waals surface area contributed by atoms with Crippen LogP contribution in [0.3, 0.4) is 0 Å². The Morgan fingerprint density at radius 1 is 1.30 bits per heavy atom. The molecule has 27 heavy (non-hydrogen) atoms. The molecule has 0 spiro atoms. The van der Waals surface area contributed by atoms with Gasteiger partial charge in [0, 0.05) is 18.0 Å². The lowest BCUT2D eigenvalue weighted by atomic mass is 10.1. The van der Waals surface area contributed by atoms with Gasteiger partial charge in [0.1, 0.15) is 11.4 Å². The number of aryl methyl sites for hydroxylation is 3. The zero-order valence-electron chi connectivity index (χ0n) is 15.7. The van der Waals surface area contributed by atoms with Crippen LogP contribution in [0, 0.1) is 26.6 Å². The van der Waals surface area contributed by atoms with Crippen LogP contribution >= 0.6 is 0 Å². The normalized spacial score (nSPS) is 12.2. The molecular weight excluding hydrogens is 353 g/mol. The molecule has 3 aromatic rings. The first kappa shape index (κ1) is 18.6. The fourth-order valence-corrected chi connectivity index (χ4v) is 2.83. The van der Waals surface area contributed by atoms with E-state index < -0.39 is 23.8 Å². The van der Waals surface area contributed by atoms with Crippen LogP contribution < -0.4 is 5.32 Å². The van der Waals surface area contributed by atoms with Crippen molar-refractivity contribution in [3.05, 3.63) is 46.7 Å². The maximum Gasteiger partial charge on any atom is 0.375 e. The third kappa shape index (κ3) is 3.42. The van der Waals surface area contributed by atoms with Gasteiger partial charge < -0.3 is 14.5 Å². The molecule has 0 aliphatic rings. The number of ether oxygens (including phenoxy) is 1. The number of aromatic nitrogens is 2. The van der Waals surface area contributed by atoms with Gasteiger partial charge in [0.15, 0.2) is 6.10 Å². The maximum atomic E-state index is 13.4. The van der Waals surface area contributed by atoms with E-state index in [9.17, 15) is 14.0 Å². The van der Waals surface area contributed by atoms with Crippen molar-refractivity contribution in [3.63, 3.8) is 0 Å². The quantitative estimate of drug-likeness (QED) is 0.708. The molecule has 2 heterocycles. The van der Waals surface area contributed by atoms with Gasteiger partial charge in [0.2, 0.25) is 5.76 Å². The lowest BCUT2D eigenvalue weighted by molar-refractivity contribution is -0.123. The Morgan fingerprint density at radius 3 is 2.63 bits per heavy atom. The Balaban J connectivity index is 1.75. The molecule has 0 aliphatic heterocycles. The Hall–Kier alpha value is -3.16. The minimum Gasteiger partial charge on any atom is -0.449 e. The SMILES string of the molecule is Cc1nn(C)c(C)c1NC(=O)[C@@H](C)OC(=O)c1oc2ccc(F)cc2c1C. The first-order valence-corrected chi connectivity index (χ1v) is 8.39.